The maximum absolute atomic E-state index is 10.0. The zero-order chi connectivity index (χ0) is 21.6. The van der Waals surface area contributed by atoms with Gasteiger partial charge in [-0.25, -0.2) is 9.97 Å². The summed E-state index contributed by atoms with van der Waals surface area (Å²) in [7, 11) is 3.20. The molecule has 7 heteroatoms. The standard InChI is InChI=1S/C22H30N4O2S/c1-14(2)12-26(13-15(3)4)21-17(11-23)20(24-22(25-21)29-7)16-8-9-18(27-5)19(10-16)28-6/h8-10,14-15H,12-13H2,1-7H3. The topological polar surface area (TPSA) is 71.3 Å². The van der Waals surface area contributed by atoms with Crippen LogP contribution in [-0.2, 0) is 0 Å². The first-order valence-electron chi connectivity index (χ1n) is 9.68. The van der Waals surface area contributed by atoms with Gasteiger partial charge in [-0.15, -0.1) is 0 Å². The van der Waals surface area contributed by atoms with E-state index < -0.39 is 0 Å². The van der Waals surface area contributed by atoms with Crippen molar-refractivity contribution in [1.29, 1.82) is 5.26 Å². The van der Waals surface area contributed by atoms with Crippen LogP contribution in [0.2, 0.25) is 0 Å². The smallest absolute Gasteiger partial charge is 0.189 e. The average molecular weight is 415 g/mol. The molecule has 0 amide bonds. The Bertz CT molecular complexity index is 868. The van der Waals surface area contributed by atoms with Crippen LogP contribution in [0, 0.1) is 23.2 Å². The summed E-state index contributed by atoms with van der Waals surface area (Å²) in [5, 5.41) is 10.7. The lowest BCUT2D eigenvalue weighted by Crippen LogP contribution is -2.33. The maximum atomic E-state index is 10.0. The summed E-state index contributed by atoms with van der Waals surface area (Å²) >= 11 is 1.47. The number of ether oxygens (including phenoxy) is 2. The first-order valence-corrected chi connectivity index (χ1v) is 10.9. The monoisotopic (exact) mass is 414 g/mol. The summed E-state index contributed by atoms with van der Waals surface area (Å²) in [4.78, 5) is 11.6. The van der Waals surface area contributed by atoms with Crippen molar-refractivity contribution in [3.05, 3.63) is 23.8 Å². The minimum atomic E-state index is 0.442. The van der Waals surface area contributed by atoms with Gasteiger partial charge in [0, 0.05) is 18.7 Å². The summed E-state index contributed by atoms with van der Waals surface area (Å²) in [5.74, 6) is 2.81. The maximum Gasteiger partial charge on any atom is 0.189 e. The first-order chi connectivity index (χ1) is 13.8. The number of anilines is 1. The molecule has 0 atom stereocenters. The van der Waals surface area contributed by atoms with E-state index in [0.717, 1.165) is 18.7 Å². The van der Waals surface area contributed by atoms with E-state index >= 15 is 0 Å². The van der Waals surface area contributed by atoms with Gasteiger partial charge in [0.05, 0.1) is 19.9 Å². The van der Waals surface area contributed by atoms with E-state index in [1.54, 1.807) is 14.2 Å². The summed E-state index contributed by atoms with van der Waals surface area (Å²) in [5.41, 5.74) is 1.89. The Morgan fingerprint density at radius 1 is 1.03 bits per heavy atom. The molecule has 1 heterocycles. The minimum Gasteiger partial charge on any atom is -0.493 e. The number of hydrogen-bond acceptors (Lipinski definition) is 7. The van der Waals surface area contributed by atoms with Gasteiger partial charge in [-0.1, -0.05) is 39.5 Å². The van der Waals surface area contributed by atoms with Crippen molar-refractivity contribution < 1.29 is 9.47 Å². The van der Waals surface area contributed by atoms with Crippen molar-refractivity contribution in [2.45, 2.75) is 32.9 Å². The molecular weight excluding hydrogens is 384 g/mol. The van der Waals surface area contributed by atoms with E-state index in [1.807, 2.05) is 24.5 Å². The fourth-order valence-electron chi connectivity index (χ4n) is 3.17. The Hall–Kier alpha value is -2.46. The van der Waals surface area contributed by atoms with Gasteiger partial charge < -0.3 is 14.4 Å². The van der Waals surface area contributed by atoms with Gasteiger partial charge in [-0.2, -0.15) is 5.26 Å². The van der Waals surface area contributed by atoms with Crippen LogP contribution in [0.15, 0.2) is 23.4 Å². The van der Waals surface area contributed by atoms with Gasteiger partial charge in [0.15, 0.2) is 22.5 Å². The second-order valence-corrected chi connectivity index (χ2v) is 8.41. The second-order valence-electron chi connectivity index (χ2n) is 7.63. The van der Waals surface area contributed by atoms with E-state index in [-0.39, 0.29) is 0 Å². The van der Waals surface area contributed by atoms with Gasteiger partial charge in [0.1, 0.15) is 11.6 Å². The number of methoxy groups -OCH3 is 2. The Balaban J connectivity index is 2.71. The van der Waals surface area contributed by atoms with Gasteiger partial charge in [0.2, 0.25) is 0 Å². The lowest BCUT2D eigenvalue weighted by molar-refractivity contribution is 0.355. The third-order valence-corrected chi connectivity index (χ3v) is 4.84. The molecule has 0 aliphatic carbocycles. The largest absolute Gasteiger partial charge is 0.493 e. The number of hydrogen-bond donors (Lipinski definition) is 0. The van der Waals surface area contributed by atoms with E-state index in [0.29, 0.717) is 45.6 Å². The predicted molar refractivity (Wildman–Crippen MR) is 119 cm³/mol. The lowest BCUT2D eigenvalue weighted by Gasteiger charge is -2.29. The molecule has 29 heavy (non-hydrogen) atoms. The molecular formula is C22H30N4O2S. The van der Waals surface area contributed by atoms with Crippen molar-refractivity contribution in [3.8, 4) is 28.8 Å². The Morgan fingerprint density at radius 3 is 2.14 bits per heavy atom. The van der Waals surface area contributed by atoms with E-state index in [4.69, 9.17) is 14.5 Å². The lowest BCUT2D eigenvalue weighted by atomic mass is 10.0. The third kappa shape index (κ3) is 5.54. The zero-order valence-corrected chi connectivity index (χ0v) is 19.1. The van der Waals surface area contributed by atoms with Crippen molar-refractivity contribution >= 4 is 17.6 Å². The zero-order valence-electron chi connectivity index (χ0n) is 18.3. The molecule has 0 saturated heterocycles. The van der Waals surface area contributed by atoms with Gasteiger partial charge in [-0.05, 0) is 36.3 Å². The number of thioether (sulfide) groups is 1. The third-order valence-electron chi connectivity index (χ3n) is 4.29. The molecule has 156 valence electrons. The molecule has 0 radical (unpaired) electrons. The molecule has 0 fully saturated rings. The normalized spacial score (nSPS) is 10.9. The van der Waals surface area contributed by atoms with Crippen molar-refractivity contribution in [2.75, 3.05) is 38.5 Å². The van der Waals surface area contributed by atoms with Gasteiger partial charge in [-0.3, -0.25) is 0 Å². The van der Waals surface area contributed by atoms with Crippen LogP contribution in [0.3, 0.4) is 0 Å². The highest BCUT2D eigenvalue weighted by Gasteiger charge is 2.22. The molecule has 0 bridgehead atoms. The molecule has 1 aromatic heterocycles. The van der Waals surface area contributed by atoms with E-state index in [1.165, 1.54) is 11.8 Å². The number of aromatic nitrogens is 2. The molecule has 0 saturated carbocycles. The fraction of sp³-hybridized carbons (Fsp3) is 0.500. The van der Waals surface area contributed by atoms with Crippen LogP contribution in [0.25, 0.3) is 11.3 Å². The summed E-state index contributed by atoms with van der Waals surface area (Å²) < 4.78 is 10.8. The molecule has 0 aliphatic heterocycles. The summed E-state index contributed by atoms with van der Waals surface area (Å²) in [6.07, 6.45) is 1.94. The molecule has 2 aromatic rings. The average Bonchev–Trinajstić information content (AvgIpc) is 2.70. The number of nitrogens with zero attached hydrogens (tertiary/aromatic N) is 4. The van der Waals surface area contributed by atoms with Crippen molar-refractivity contribution in [3.63, 3.8) is 0 Å². The molecule has 0 spiro atoms. The van der Waals surface area contributed by atoms with Crippen molar-refractivity contribution in [1.82, 2.24) is 9.97 Å². The van der Waals surface area contributed by atoms with Crippen LogP contribution in [0.5, 0.6) is 11.5 Å². The fourth-order valence-corrected chi connectivity index (χ4v) is 3.53. The highest BCUT2D eigenvalue weighted by atomic mass is 32.2. The predicted octanol–water partition coefficient (Wildman–Crippen LogP) is 4.87. The minimum absolute atomic E-state index is 0.442. The molecule has 0 unspecified atom stereocenters. The second kappa shape index (κ2) is 10.4. The van der Waals surface area contributed by atoms with Crippen LogP contribution < -0.4 is 14.4 Å². The van der Waals surface area contributed by atoms with Crippen LogP contribution in [0.4, 0.5) is 5.82 Å². The quantitative estimate of drug-likeness (QED) is 0.428. The number of benzene rings is 1. The van der Waals surface area contributed by atoms with E-state index in [2.05, 4.69) is 43.6 Å². The first kappa shape index (κ1) is 22.8. The SMILES string of the molecule is COc1ccc(-c2nc(SC)nc(N(CC(C)C)CC(C)C)c2C#N)cc1OC. The van der Waals surface area contributed by atoms with Crippen LogP contribution >= 0.6 is 11.8 Å². The Labute approximate surface area is 178 Å². The summed E-state index contributed by atoms with van der Waals surface area (Å²) in [6, 6.07) is 7.94. The number of rotatable bonds is 9. The molecule has 1 aromatic carbocycles. The molecule has 6 nitrogen and oxygen atoms in total. The summed E-state index contributed by atoms with van der Waals surface area (Å²) in [6.45, 7) is 10.3. The molecule has 0 N–H and O–H groups in total. The molecule has 2 rings (SSSR count). The Kier molecular flexibility index (Phi) is 8.15. The Morgan fingerprint density at radius 2 is 1.66 bits per heavy atom. The van der Waals surface area contributed by atoms with Crippen molar-refractivity contribution in [2.24, 2.45) is 11.8 Å². The molecule has 0 aliphatic rings. The van der Waals surface area contributed by atoms with Crippen LogP contribution in [-0.4, -0.2) is 43.5 Å². The van der Waals surface area contributed by atoms with Gasteiger partial charge in [0.25, 0.3) is 0 Å². The van der Waals surface area contributed by atoms with Crippen LogP contribution in [0.1, 0.15) is 33.3 Å². The van der Waals surface area contributed by atoms with Gasteiger partial charge >= 0.3 is 0 Å². The highest BCUT2D eigenvalue weighted by molar-refractivity contribution is 7.98. The van der Waals surface area contributed by atoms with E-state index in [9.17, 15) is 5.26 Å². The number of nitriles is 1. The highest BCUT2D eigenvalue weighted by Crippen LogP contribution is 2.36.